The predicted octanol–water partition coefficient (Wildman–Crippen LogP) is 12.6. The molecule has 0 aromatic heterocycles. The Balaban J connectivity index is 0.000000301. The number of carbonyl (C=O) groups is 2. The number of rotatable bonds is 15. The number of carboxylic acids is 1. The molecule has 1 heterocycles. The lowest BCUT2D eigenvalue weighted by Gasteiger charge is -2.48. The van der Waals surface area contributed by atoms with Crippen molar-refractivity contribution in [3.05, 3.63) is 182 Å². The molecule has 3 saturated carbocycles. The van der Waals surface area contributed by atoms with E-state index in [1.807, 2.05) is 12.1 Å². The van der Waals surface area contributed by atoms with Crippen LogP contribution in [0.5, 0.6) is 0 Å². The zero-order valence-electron chi connectivity index (χ0n) is 48.6. The van der Waals surface area contributed by atoms with E-state index in [9.17, 15) is 19.8 Å². The highest BCUT2D eigenvalue weighted by Gasteiger charge is 2.55. The van der Waals surface area contributed by atoms with Crippen LogP contribution in [0.2, 0.25) is 15.1 Å². The van der Waals surface area contributed by atoms with Crippen LogP contribution >= 0.6 is 0 Å². The Kier molecular flexibility index (Phi) is 27.6. The highest BCUT2D eigenvalue weighted by molar-refractivity contribution is 7.00. The molecule has 1 aliphatic heterocycles. The summed E-state index contributed by atoms with van der Waals surface area (Å²) in [6, 6.07) is 63.9. The molecule has 4 fully saturated rings. The molecule has 0 spiro atoms. The molecule has 8 nitrogen and oxygen atoms in total. The van der Waals surface area contributed by atoms with Crippen LogP contribution in [0, 0.1) is 17.8 Å². The van der Waals surface area contributed by atoms with Crippen molar-refractivity contribution in [2.75, 3.05) is 19.8 Å². The van der Waals surface area contributed by atoms with Crippen molar-refractivity contribution in [2.24, 2.45) is 17.8 Å². The van der Waals surface area contributed by atoms with E-state index in [-0.39, 0.29) is 82.6 Å². The Bertz CT molecular complexity index is 2590. The smallest absolute Gasteiger partial charge is 0.306 e. The number of carbonyl (C=O) groups excluding carboxylic acids is 1. The van der Waals surface area contributed by atoms with E-state index >= 15 is 0 Å². The van der Waals surface area contributed by atoms with Crippen LogP contribution in [0.25, 0.3) is 0 Å². The van der Waals surface area contributed by atoms with Gasteiger partial charge in [0.15, 0.2) is 0 Å². The van der Waals surface area contributed by atoms with Gasteiger partial charge in [0.2, 0.25) is 0 Å². The maximum atomic E-state index is 11.2. The van der Waals surface area contributed by atoms with E-state index in [0.717, 1.165) is 45.2 Å². The number of ether oxygens (including phenoxy) is 1. The minimum absolute atomic E-state index is 0. The Hall–Kier alpha value is -5.02. The second-order valence-corrected chi connectivity index (χ2v) is 37.7. The van der Waals surface area contributed by atoms with Crippen LogP contribution in [0.3, 0.4) is 0 Å². The first-order valence-corrected chi connectivity index (χ1v) is 34.2. The third kappa shape index (κ3) is 16.4. The minimum atomic E-state index is -2.54. The van der Waals surface area contributed by atoms with Crippen molar-refractivity contribution in [2.45, 2.75) is 169 Å². The van der Waals surface area contributed by atoms with Gasteiger partial charge in [-0.3, -0.25) is 4.79 Å². The van der Waals surface area contributed by atoms with Crippen molar-refractivity contribution in [3.63, 3.8) is 0 Å². The zero-order valence-corrected chi connectivity index (χ0v) is 51.6. The molecule has 0 amide bonds. The first kappa shape index (κ1) is 71.2. The number of aliphatic carboxylic acids is 1. The molecule has 4 aliphatic rings. The highest BCUT2D eigenvalue weighted by atomic mass is 28.4. The number of aliphatic hydroxyl groups is 1. The summed E-state index contributed by atoms with van der Waals surface area (Å²) in [5, 5.41) is 26.3. The molecule has 2 N–H and O–H groups in total. The zero-order chi connectivity index (χ0) is 56.0. The fourth-order valence-corrected chi connectivity index (χ4v) is 26.1. The third-order valence-corrected chi connectivity index (χ3v) is 31.6. The summed E-state index contributed by atoms with van der Waals surface area (Å²) in [5.41, 5.74) is 0. The van der Waals surface area contributed by atoms with Crippen molar-refractivity contribution in [1.82, 2.24) is 0 Å². The van der Waals surface area contributed by atoms with Gasteiger partial charge in [-0.15, -0.1) is 0 Å². The topological polar surface area (TPSA) is 112 Å². The molecule has 6 aromatic carbocycles. The Morgan fingerprint density at radius 1 is 0.463 bits per heavy atom. The molecule has 82 heavy (non-hydrogen) atoms. The molecule has 443 valence electrons. The van der Waals surface area contributed by atoms with Crippen LogP contribution in [-0.4, -0.2) is 94.0 Å². The van der Waals surface area contributed by atoms with Gasteiger partial charge in [0.25, 0.3) is 25.0 Å². The molecule has 0 unspecified atom stereocenters. The lowest BCUT2D eigenvalue weighted by Crippen LogP contribution is -2.68. The van der Waals surface area contributed by atoms with E-state index in [4.69, 9.17) is 18.0 Å². The van der Waals surface area contributed by atoms with Crippen LogP contribution in [0.15, 0.2) is 182 Å². The Labute approximate surface area is 500 Å². The van der Waals surface area contributed by atoms with E-state index in [0.29, 0.717) is 18.8 Å². The number of benzene rings is 6. The monoisotopic (exact) mass is 1160 g/mol. The number of hydrogen-bond donors (Lipinski definition) is 2. The second-order valence-electron chi connectivity index (χ2n) is 24.9. The quantitative estimate of drug-likeness (QED) is 0.0773. The van der Waals surface area contributed by atoms with Gasteiger partial charge in [0.1, 0.15) is 6.29 Å². The van der Waals surface area contributed by atoms with Crippen LogP contribution in [0.1, 0.15) is 136 Å². The lowest BCUT2D eigenvalue weighted by atomic mass is 9.83. The molecular formula is C70H100BO8Si3. The van der Waals surface area contributed by atoms with Crippen molar-refractivity contribution < 1.29 is 37.8 Å². The summed E-state index contributed by atoms with van der Waals surface area (Å²) in [7, 11) is -7.39. The molecule has 12 heteroatoms. The average Bonchev–Trinajstić information content (AvgIpc) is 4.02. The van der Waals surface area contributed by atoms with Gasteiger partial charge >= 0.3 is 5.97 Å². The lowest BCUT2D eigenvalue weighted by molar-refractivity contribution is -0.148. The summed E-state index contributed by atoms with van der Waals surface area (Å²) in [5.74, 6) is -0.382. The SMILES string of the molecule is C.C.C.C1CCOC1.CC(C)(C)[Si](OC1CC(C(=O)O)C1)(c1ccccc1)c1ccccc1.CC(C)(C)[Si](OC1CC(C=O)C1)(c1ccccc1)c1ccccc1.CC(C)(C)[Si](OC1CC(CO)C1)(c1ccccc1)c1ccccc1.[B]. The molecule has 3 aliphatic carbocycles. The maximum absolute atomic E-state index is 11.2. The van der Waals surface area contributed by atoms with Gasteiger partial charge in [-0.25, -0.2) is 0 Å². The standard InChI is InChI=1S/C21H26O3Si.C21H28O2Si.C21H26O2Si.C4H8O.3CH4.B/c1-21(2,3)25(18-10-6-4-7-11-18,19-12-8-5-9-13-19)24-17-14-16(15-17)20(22)23;2*1-21(2,3)24(19-10-6-4-7-11-19,20-12-8-5-9-13-20)23-18-14-17(15-18)16-22;1-2-4-5-3-1;;;;/h4-13,16-17H,14-15H2,1-3H3,(H,22,23);4-13,17-18,22H,14-16H2,1-3H3;4-13,16-18H,14-15H2,1-3H3;1-4H2;3*1H4;. The molecular weight excluding hydrogens is 1060 g/mol. The fraction of sp³-hybridized carbons (Fsp3) is 0.457. The van der Waals surface area contributed by atoms with Crippen LogP contribution in [-0.2, 0) is 27.6 Å². The fourth-order valence-electron chi connectivity index (χ4n) is 11.9. The van der Waals surface area contributed by atoms with E-state index in [1.54, 1.807) is 0 Å². The highest BCUT2D eigenvalue weighted by Crippen LogP contribution is 2.44. The normalized spacial score (nSPS) is 20.2. The number of hydrogen-bond acceptors (Lipinski definition) is 7. The molecule has 0 atom stereocenters. The summed E-state index contributed by atoms with van der Waals surface area (Å²) >= 11 is 0. The third-order valence-electron chi connectivity index (χ3n) is 16.3. The van der Waals surface area contributed by atoms with Crippen LogP contribution < -0.4 is 31.1 Å². The number of carboxylic acid groups (broad SMARTS) is 1. The van der Waals surface area contributed by atoms with Gasteiger partial charge in [-0.05, 0) is 104 Å². The molecule has 1 saturated heterocycles. The molecule has 3 radical (unpaired) electrons. The number of aldehydes is 1. The maximum Gasteiger partial charge on any atom is 0.306 e. The van der Waals surface area contributed by atoms with Crippen molar-refractivity contribution in [1.29, 1.82) is 0 Å². The van der Waals surface area contributed by atoms with Crippen molar-refractivity contribution in [3.8, 4) is 0 Å². The van der Waals surface area contributed by atoms with E-state index < -0.39 is 30.9 Å². The number of aliphatic hydroxyl groups excluding tert-OH is 1. The van der Waals surface area contributed by atoms with Gasteiger partial charge in [-0.1, -0.05) is 267 Å². The van der Waals surface area contributed by atoms with E-state index in [2.05, 4.69) is 232 Å². The van der Waals surface area contributed by atoms with Gasteiger partial charge < -0.3 is 33.0 Å². The first-order valence-electron chi connectivity index (χ1n) is 28.5. The Morgan fingerprint density at radius 3 is 0.902 bits per heavy atom. The summed E-state index contributed by atoms with van der Waals surface area (Å²) in [6.45, 7) is 22.8. The summed E-state index contributed by atoms with van der Waals surface area (Å²) in [6.07, 6.45) is 8.97. The summed E-state index contributed by atoms with van der Waals surface area (Å²) < 4.78 is 25.7. The molecule has 6 aromatic rings. The first-order chi connectivity index (χ1) is 37.3. The summed E-state index contributed by atoms with van der Waals surface area (Å²) in [4.78, 5) is 22.2. The molecule has 0 bridgehead atoms. The van der Waals surface area contributed by atoms with Gasteiger partial charge in [0.05, 0.1) is 5.92 Å². The minimum Gasteiger partial charge on any atom is -0.481 e. The Morgan fingerprint density at radius 2 is 0.707 bits per heavy atom. The van der Waals surface area contributed by atoms with Gasteiger partial charge in [0, 0.05) is 52.5 Å². The largest absolute Gasteiger partial charge is 0.481 e. The van der Waals surface area contributed by atoms with E-state index in [1.165, 1.54) is 44.0 Å². The van der Waals surface area contributed by atoms with Crippen LogP contribution in [0.4, 0.5) is 0 Å². The van der Waals surface area contributed by atoms with Gasteiger partial charge in [-0.2, -0.15) is 0 Å². The predicted molar refractivity (Wildman–Crippen MR) is 352 cm³/mol. The molecule has 10 rings (SSSR count). The second kappa shape index (κ2) is 31.8. The average molecular weight is 1160 g/mol. The van der Waals surface area contributed by atoms with Crippen molar-refractivity contribution >= 4 is 76.7 Å².